The zero-order valence-corrected chi connectivity index (χ0v) is 14.2. The Balaban J connectivity index is -0.000000161. The molecule has 0 aromatic carbocycles. The molecule has 0 heterocycles. The van der Waals surface area contributed by atoms with E-state index in [4.69, 9.17) is 0 Å². The third-order valence-electron chi connectivity index (χ3n) is 1.17. The summed E-state index contributed by atoms with van der Waals surface area (Å²) in [6, 6.07) is 0. The van der Waals surface area contributed by atoms with Crippen LogP contribution in [0.25, 0.3) is 16.0 Å². The van der Waals surface area contributed by atoms with Gasteiger partial charge in [0.05, 0.1) is 0 Å². The molecule has 0 aliphatic heterocycles. The Labute approximate surface area is 117 Å². The van der Waals surface area contributed by atoms with Crippen molar-refractivity contribution in [3.63, 3.8) is 0 Å². The van der Waals surface area contributed by atoms with Crippen molar-refractivity contribution in [2.45, 2.75) is 13.3 Å². The van der Waals surface area contributed by atoms with Gasteiger partial charge >= 0.3 is 59.1 Å². The van der Waals surface area contributed by atoms with Crippen molar-refractivity contribution in [3.05, 3.63) is 37.0 Å². The fraction of sp³-hybridized carbons (Fsp3) is 0.667. The van der Waals surface area contributed by atoms with E-state index in [1.807, 2.05) is 0 Å². The molecule has 0 radical (unpaired) electrons. The van der Waals surface area contributed by atoms with Gasteiger partial charge in [0, 0.05) is 0 Å². The second kappa shape index (κ2) is 20.6. The van der Waals surface area contributed by atoms with E-state index in [0.717, 1.165) is 0 Å². The molecule has 3 nitrogen and oxygen atoms in total. The van der Waals surface area contributed by atoms with Crippen LogP contribution >= 0.6 is 0 Å². The number of hydrogen-bond donors (Lipinski definition) is 0. The molecule has 0 bridgehead atoms. The Morgan fingerprint density at radius 3 is 1.31 bits per heavy atom. The van der Waals surface area contributed by atoms with Crippen molar-refractivity contribution in [1.29, 1.82) is 0 Å². The third kappa shape index (κ3) is 23.8. The van der Waals surface area contributed by atoms with E-state index in [9.17, 15) is 0 Å². The first kappa shape index (κ1) is 21.5. The quantitative estimate of drug-likeness (QED) is 0.656. The average molecular weight is 303 g/mol. The summed E-state index contributed by atoms with van der Waals surface area (Å²) < 4.78 is 1.60. The molecule has 4 heteroatoms. The molecule has 16 heavy (non-hydrogen) atoms. The predicted octanol–water partition coefficient (Wildman–Crippen LogP) is 3.63. The summed E-state index contributed by atoms with van der Waals surface area (Å²) in [5.41, 5.74) is 1.48. The monoisotopic (exact) mass is 301 g/mol. The molecule has 0 aromatic rings. The summed E-state index contributed by atoms with van der Waals surface area (Å²) >= 11 is 1.58. The van der Waals surface area contributed by atoms with Crippen LogP contribution in [-0.2, 0) is 24.7 Å². The summed E-state index contributed by atoms with van der Waals surface area (Å²) in [6.07, 6.45) is 5.63. The SMILES string of the molecule is CC1=[C]([Zr+3])CC=C1.C[N-]C.C[N-]C.C[N-]C. The molecule has 1 aliphatic carbocycles. The van der Waals surface area contributed by atoms with Crippen molar-refractivity contribution in [3.8, 4) is 0 Å². The summed E-state index contributed by atoms with van der Waals surface area (Å²) in [7, 11) is 10.5. The standard InChI is InChI=1S/C6H7.3C2H6N.Zr/c1-6-4-2-3-5-6;3*1-3-2;/h2,4H,3H2,1H3;3*1-2H3;/q;3*-1;+3. The molecular formula is C12H25N3Zr. The molecule has 1 rings (SSSR count). The van der Waals surface area contributed by atoms with Gasteiger partial charge in [0.25, 0.3) is 0 Å². The summed E-state index contributed by atoms with van der Waals surface area (Å²) in [5.74, 6) is 0. The van der Waals surface area contributed by atoms with Crippen molar-refractivity contribution >= 4 is 0 Å². The fourth-order valence-corrected chi connectivity index (χ4v) is 1.11. The minimum absolute atomic E-state index is 1.21. The number of rotatable bonds is 0. The first-order valence-corrected chi connectivity index (χ1v) is 6.30. The second-order valence-corrected chi connectivity index (χ2v) is 4.59. The van der Waals surface area contributed by atoms with E-state index in [1.165, 1.54) is 12.0 Å². The normalized spacial score (nSPS) is 11.8. The van der Waals surface area contributed by atoms with E-state index >= 15 is 0 Å². The zero-order chi connectivity index (χ0) is 13.4. The second-order valence-electron chi connectivity index (χ2n) is 3.11. The van der Waals surface area contributed by atoms with Crippen LogP contribution in [0, 0.1) is 0 Å². The first-order valence-electron chi connectivity index (χ1n) is 5.07. The number of hydrogen-bond acceptors (Lipinski definition) is 0. The predicted molar refractivity (Wildman–Crippen MR) is 72.1 cm³/mol. The van der Waals surface area contributed by atoms with Crippen molar-refractivity contribution in [1.82, 2.24) is 0 Å². The van der Waals surface area contributed by atoms with Crippen LogP contribution in [0.2, 0.25) is 0 Å². The molecule has 92 valence electrons. The van der Waals surface area contributed by atoms with Crippen molar-refractivity contribution < 1.29 is 24.7 Å². The zero-order valence-electron chi connectivity index (χ0n) is 11.7. The Morgan fingerprint density at radius 2 is 1.25 bits per heavy atom. The van der Waals surface area contributed by atoms with Crippen molar-refractivity contribution in [2.75, 3.05) is 42.3 Å². The van der Waals surface area contributed by atoms with Gasteiger partial charge in [-0.3, -0.25) is 0 Å². The molecule has 0 fully saturated rings. The maximum atomic E-state index is 3.50. The van der Waals surface area contributed by atoms with Gasteiger partial charge in [-0.05, 0) is 0 Å². The van der Waals surface area contributed by atoms with Crippen LogP contribution in [0.15, 0.2) is 21.0 Å². The summed E-state index contributed by atoms with van der Waals surface area (Å²) in [6.45, 7) is 2.17. The molecule has 0 unspecified atom stereocenters. The van der Waals surface area contributed by atoms with Gasteiger partial charge in [0.1, 0.15) is 0 Å². The molecule has 0 N–H and O–H groups in total. The van der Waals surface area contributed by atoms with Gasteiger partial charge in [0.15, 0.2) is 0 Å². The van der Waals surface area contributed by atoms with Gasteiger partial charge in [0.2, 0.25) is 0 Å². The van der Waals surface area contributed by atoms with Crippen LogP contribution < -0.4 is 0 Å². The Morgan fingerprint density at radius 1 is 0.938 bits per heavy atom. The first-order chi connectivity index (χ1) is 7.55. The van der Waals surface area contributed by atoms with Gasteiger partial charge in [-0.2, -0.15) is 42.3 Å². The number of nitrogens with zero attached hydrogens (tertiary/aromatic N) is 3. The largest absolute Gasteiger partial charge is 0.668 e. The van der Waals surface area contributed by atoms with Gasteiger partial charge in [-0.1, -0.05) is 0 Å². The topological polar surface area (TPSA) is 42.3 Å². The van der Waals surface area contributed by atoms with Crippen LogP contribution in [0.4, 0.5) is 0 Å². The molecule has 0 saturated carbocycles. The van der Waals surface area contributed by atoms with E-state index in [-0.39, 0.29) is 0 Å². The summed E-state index contributed by atoms with van der Waals surface area (Å²) in [4.78, 5) is 0. The van der Waals surface area contributed by atoms with Gasteiger partial charge < -0.3 is 16.0 Å². The fourth-order valence-electron chi connectivity index (χ4n) is 0.615. The molecular weight excluding hydrogens is 277 g/mol. The van der Waals surface area contributed by atoms with Gasteiger partial charge in [-0.15, -0.1) is 0 Å². The summed E-state index contributed by atoms with van der Waals surface area (Å²) in [5, 5.41) is 10.5. The molecule has 0 spiro atoms. The Kier molecular flexibility index (Phi) is 27.7. The molecule has 0 aromatic heterocycles. The van der Waals surface area contributed by atoms with E-state index in [1.54, 1.807) is 70.3 Å². The Bertz CT molecular complexity index is 172. The molecule has 0 saturated heterocycles. The average Bonchev–Trinajstić information content (AvgIpc) is 2.55. The molecule has 0 atom stereocenters. The molecule has 1 aliphatic rings. The number of allylic oxidation sites excluding steroid dienone is 4. The van der Waals surface area contributed by atoms with Crippen LogP contribution in [0.3, 0.4) is 0 Å². The van der Waals surface area contributed by atoms with Crippen molar-refractivity contribution in [2.24, 2.45) is 0 Å². The van der Waals surface area contributed by atoms with Gasteiger partial charge in [-0.25, -0.2) is 0 Å². The smallest absolute Gasteiger partial charge is 0.162 e. The van der Waals surface area contributed by atoms with Crippen LogP contribution in [-0.4, -0.2) is 42.3 Å². The maximum absolute atomic E-state index is 3.50. The van der Waals surface area contributed by atoms with E-state index in [0.29, 0.717) is 0 Å². The minimum atomic E-state index is 1.21. The molecule has 0 amide bonds. The van der Waals surface area contributed by atoms with Crippen LogP contribution in [0.1, 0.15) is 13.3 Å². The maximum Gasteiger partial charge on any atom is -0.162 e. The van der Waals surface area contributed by atoms with Crippen LogP contribution in [0.5, 0.6) is 0 Å². The third-order valence-corrected chi connectivity index (χ3v) is 2.64. The minimum Gasteiger partial charge on any atom is -0.668 e. The van der Waals surface area contributed by atoms with E-state index in [2.05, 4.69) is 35.0 Å². The van der Waals surface area contributed by atoms with E-state index < -0.39 is 0 Å². The Hall–Kier alpha value is 0.243.